The van der Waals surface area contributed by atoms with Gasteiger partial charge in [0.05, 0.1) is 16.5 Å². The number of benzene rings is 1. The highest BCUT2D eigenvalue weighted by molar-refractivity contribution is 9.10. The molecule has 0 spiro atoms. The van der Waals surface area contributed by atoms with E-state index in [1.54, 1.807) is 27.6 Å². The van der Waals surface area contributed by atoms with Crippen molar-refractivity contribution in [2.45, 2.75) is 24.3 Å². The number of hydrogen-bond donors (Lipinski definition) is 0. The quantitative estimate of drug-likeness (QED) is 0.604. The van der Waals surface area contributed by atoms with Crippen LogP contribution in [0.15, 0.2) is 52.0 Å². The summed E-state index contributed by atoms with van der Waals surface area (Å²) in [5, 5.41) is 4.40. The molecule has 0 radical (unpaired) electrons. The van der Waals surface area contributed by atoms with Crippen molar-refractivity contribution in [2.24, 2.45) is 0 Å². The number of carbonyl (C=O) groups excluding carboxylic acids is 1. The minimum absolute atomic E-state index is 0.125. The van der Waals surface area contributed by atoms with Crippen LogP contribution in [0.5, 0.6) is 0 Å². The summed E-state index contributed by atoms with van der Waals surface area (Å²) in [7, 11) is -3.24. The van der Waals surface area contributed by atoms with Gasteiger partial charge in [0.2, 0.25) is 0 Å². The molecule has 4 rings (SSSR count). The SMILES string of the molecule is CC1c2ccc(S(C)(=O)=O)cc2CCN1C(=O)c1cc2ccc(Br)cn2n1. The van der Waals surface area contributed by atoms with Crippen molar-refractivity contribution in [3.8, 4) is 0 Å². The lowest BCUT2D eigenvalue weighted by Gasteiger charge is -2.35. The van der Waals surface area contributed by atoms with E-state index in [-0.39, 0.29) is 11.9 Å². The van der Waals surface area contributed by atoms with Gasteiger partial charge in [0.25, 0.3) is 5.91 Å². The fraction of sp³-hybridized carbons (Fsp3) is 0.263. The van der Waals surface area contributed by atoms with E-state index in [9.17, 15) is 13.2 Å². The summed E-state index contributed by atoms with van der Waals surface area (Å²) in [6.07, 6.45) is 3.64. The number of pyridine rings is 1. The van der Waals surface area contributed by atoms with Crippen molar-refractivity contribution in [1.29, 1.82) is 0 Å². The number of fused-ring (bicyclic) bond motifs is 2. The van der Waals surface area contributed by atoms with Gasteiger partial charge in [0, 0.05) is 23.5 Å². The molecule has 1 aliphatic rings. The highest BCUT2D eigenvalue weighted by Crippen LogP contribution is 2.32. The van der Waals surface area contributed by atoms with Gasteiger partial charge < -0.3 is 4.90 Å². The Morgan fingerprint density at radius 1 is 1.22 bits per heavy atom. The largest absolute Gasteiger partial charge is 0.330 e. The molecule has 0 aliphatic carbocycles. The molecule has 0 bridgehead atoms. The molecule has 140 valence electrons. The van der Waals surface area contributed by atoms with E-state index >= 15 is 0 Å². The van der Waals surface area contributed by atoms with Crippen molar-refractivity contribution in [3.63, 3.8) is 0 Å². The number of hydrogen-bond acceptors (Lipinski definition) is 4. The maximum absolute atomic E-state index is 13.0. The van der Waals surface area contributed by atoms with Gasteiger partial charge in [-0.25, -0.2) is 12.9 Å². The first-order chi connectivity index (χ1) is 12.7. The van der Waals surface area contributed by atoms with Crippen molar-refractivity contribution >= 4 is 37.2 Å². The van der Waals surface area contributed by atoms with Gasteiger partial charge in [-0.3, -0.25) is 4.79 Å². The Hall–Kier alpha value is -2.19. The summed E-state index contributed by atoms with van der Waals surface area (Å²) in [4.78, 5) is 15.2. The van der Waals surface area contributed by atoms with Gasteiger partial charge >= 0.3 is 0 Å². The zero-order valence-corrected chi connectivity index (χ0v) is 17.3. The standard InChI is InChI=1S/C19H18BrN3O3S/c1-12-17-6-5-16(27(2,25)26)9-13(17)7-8-22(12)19(24)18-10-15-4-3-14(20)11-23(15)21-18/h3-6,9-12H,7-8H2,1-2H3. The van der Waals surface area contributed by atoms with Crippen LogP contribution in [-0.4, -0.2) is 41.6 Å². The molecule has 0 saturated heterocycles. The zero-order valence-electron chi connectivity index (χ0n) is 14.9. The number of rotatable bonds is 2. The Bertz CT molecular complexity index is 1170. The number of nitrogens with zero attached hydrogens (tertiary/aromatic N) is 3. The summed E-state index contributed by atoms with van der Waals surface area (Å²) in [5.41, 5.74) is 3.21. The molecule has 0 fully saturated rings. The molecule has 6 nitrogen and oxygen atoms in total. The number of sulfone groups is 1. The second-order valence-corrected chi connectivity index (χ2v) is 9.74. The van der Waals surface area contributed by atoms with E-state index < -0.39 is 9.84 Å². The molecule has 1 atom stereocenters. The van der Waals surface area contributed by atoms with Gasteiger partial charge in [-0.2, -0.15) is 5.10 Å². The summed E-state index contributed by atoms with van der Waals surface area (Å²) < 4.78 is 26.1. The average Bonchev–Trinajstić information content (AvgIpc) is 3.03. The molecule has 1 aromatic carbocycles. The summed E-state index contributed by atoms with van der Waals surface area (Å²) in [5.74, 6) is -0.125. The maximum atomic E-state index is 13.0. The number of aromatic nitrogens is 2. The fourth-order valence-electron chi connectivity index (χ4n) is 3.53. The fourth-order valence-corrected chi connectivity index (χ4v) is 4.53. The minimum atomic E-state index is -3.24. The third kappa shape index (κ3) is 3.27. The molecule has 8 heteroatoms. The molecular formula is C19H18BrN3O3S. The molecule has 3 aromatic rings. The highest BCUT2D eigenvalue weighted by Gasteiger charge is 2.30. The molecule has 0 N–H and O–H groups in total. The van der Waals surface area contributed by atoms with Gasteiger partial charge in [-0.1, -0.05) is 6.07 Å². The molecule has 1 amide bonds. The molecule has 3 heterocycles. The summed E-state index contributed by atoms with van der Waals surface area (Å²) >= 11 is 3.40. The molecule has 1 aliphatic heterocycles. The molecule has 0 saturated carbocycles. The second-order valence-electron chi connectivity index (χ2n) is 6.80. The van der Waals surface area contributed by atoms with Crippen LogP contribution in [0.3, 0.4) is 0 Å². The van der Waals surface area contributed by atoms with E-state index in [1.165, 1.54) is 6.26 Å². The normalized spacial score (nSPS) is 17.1. The Morgan fingerprint density at radius 2 is 2.00 bits per heavy atom. The Morgan fingerprint density at radius 3 is 2.74 bits per heavy atom. The van der Waals surface area contributed by atoms with Crippen LogP contribution in [0.4, 0.5) is 0 Å². The number of halogens is 1. The first-order valence-electron chi connectivity index (χ1n) is 8.53. The lowest BCUT2D eigenvalue weighted by Crippen LogP contribution is -2.39. The highest BCUT2D eigenvalue weighted by atomic mass is 79.9. The molecule has 27 heavy (non-hydrogen) atoms. The first kappa shape index (κ1) is 18.2. The van der Waals surface area contributed by atoms with E-state index in [2.05, 4.69) is 21.0 Å². The average molecular weight is 448 g/mol. The van der Waals surface area contributed by atoms with Crippen LogP contribution >= 0.6 is 15.9 Å². The van der Waals surface area contributed by atoms with Crippen LogP contribution in [0.2, 0.25) is 0 Å². The van der Waals surface area contributed by atoms with E-state index in [4.69, 9.17) is 0 Å². The lowest BCUT2D eigenvalue weighted by molar-refractivity contribution is 0.0671. The minimum Gasteiger partial charge on any atom is -0.330 e. The first-order valence-corrected chi connectivity index (χ1v) is 11.2. The Labute approximate surface area is 165 Å². The van der Waals surface area contributed by atoms with E-state index in [0.717, 1.165) is 21.1 Å². The van der Waals surface area contributed by atoms with Crippen LogP contribution in [-0.2, 0) is 16.3 Å². The number of amides is 1. The van der Waals surface area contributed by atoms with Crippen molar-refractivity contribution in [3.05, 3.63) is 63.9 Å². The molecule has 1 unspecified atom stereocenters. The summed E-state index contributed by atoms with van der Waals surface area (Å²) in [6.45, 7) is 2.49. The Kier molecular flexibility index (Phi) is 4.35. The number of carbonyl (C=O) groups is 1. The van der Waals surface area contributed by atoms with Gasteiger partial charge in [-0.15, -0.1) is 0 Å². The predicted octanol–water partition coefficient (Wildman–Crippen LogP) is 3.26. The van der Waals surface area contributed by atoms with Crippen molar-refractivity contribution < 1.29 is 13.2 Å². The monoisotopic (exact) mass is 447 g/mol. The topological polar surface area (TPSA) is 71.8 Å². The van der Waals surface area contributed by atoms with Crippen molar-refractivity contribution in [1.82, 2.24) is 14.5 Å². The van der Waals surface area contributed by atoms with Gasteiger partial charge in [0.1, 0.15) is 0 Å². The van der Waals surface area contributed by atoms with Crippen molar-refractivity contribution in [2.75, 3.05) is 12.8 Å². The maximum Gasteiger partial charge on any atom is 0.274 e. The predicted molar refractivity (Wildman–Crippen MR) is 106 cm³/mol. The second kappa shape index (κ2) is 6.45. The van der Waals surface area contributed by atoms with Crippen LogP contribution < -0.4 is 0 Å². The van der Waals surface area contributed by atoms with Gasteiger partial charge in [-0.05, 0) is 70.7 Å². The Balaban J connectivity index is 1.66. The summed E-state index contributed by atoms with van der Waals surface area (Å²) in [6, 6.07) is 10.6. The van der Waals surface area contributed by atoms with E-state index in [1.807, 2.05) is 31.3 Å². The van der Waals surface area contributed by atoms with Crippen LogP contribution in [0.1, 0.15) is 34.6 Å². The zero-order chi connectivity index (χ0) is 19.3. The smallest absolute Gasteiger partial charge is 0.274 e. The van der Waals surface area contributed by atoms with Crippen LogP contribution in [0.25, 0.3) is 5.52 Å². The third-order valence-corrected chi connectivity index (χ3v) is 6.57. The van der Waals surface area contributed by atoms with E-state index in [0.29, 0.717) is 23.6 Å². The molecule has 2 aromatic heterocycles. The van der Waals surface area contributed by atoms with Gasteiger partial charge in [0.15, 0.2) is 15.5 Å². The lowest BCUT2D eigenvalue weighted by atomic mass is 9.93. The molecular weight excluding hydrogens is 430 g/mol. The van der Waals surface area contributed by atoms with Crippen LogP contribution in [0, 0.1) is 0 Å². The third-order valence-electron chi connectivity index (χ3n) is 4.99.